The Morgan fingerprint density at radius 1 is 1.21 bits per heavy atom. The molecule has 3 aliphatic rings. The van der Waals surface area contributed by atoms with Gasteiger partial charge in [0.05, 0.1) is 17.0 Å². The maximum Gasteiger partial charge on any atom is 0.0979 e. The Hall–Kier alpha value is -1.26. The van der Waals surface area contributed by atoms with Crippen LogP contribution in [-0.4, -0.2) is 50.8 Å². The van der Waals surface area contributed by atoms with Gasteiger partial charge < -0.3 is 20.4 Å². The van der Waals surface area contributed by atoms with E-state index >= 15 is 0 Å². The van der Waals surface area contributed by atoms with Crippen molar-refractivity contribution in [2.75, 3.05) is 50.1 Å². The van der Waals surface area contributed by atoms with Crippen molar-refractivity contribution in [2.45, 2.75) is 18.0 Å². The summed E-state index contributed by atoms with van der Waals surface area (Å²) in [5.41, 5.74) is 10.9. The molecule has 4 nitrogen and oxygen atoms in total. The minimum absolute atomic E-state index is 0.161. The molecule has 102 valence electrons. The molecule has 0 aliphatic carbocycles. The molecule has 4 heteroatoms. The van der Waals surface area contributed by atoms with E-state index in [1.165, 1.54) is 16.9 Å². The molecule has 4 rings (SSSR count). The molecule has 2 atom stereocenters. The van der Waals surface area contributed by atoms with Crippen LogP contribution in [0.5, 0.6) is 0 Å². The Morgan fingerprint density at radius 2 is 2.05 bits per heavy atom. The Labute approximate surface area is 114 Å². The SMILES string of the molecule is CN1CCC2(N)C(C1)c1cccc3c1N2CCN3C. The molecular weight excluding hydrogens is 236 g/mol. The van der Waals surface area contributed by atoms with Gasteiger partial charge in [-0.25, -0.2) is 0 Å². The normalized spacial score (nSPS) is 33.3. The molecule has 0 radical (unpaired) electrons. The lowest BCUT2D eigenvalue weighted by Gasteiger charge is -2.48. The molecule has 19 heavy (non-hydrogen) atoms. The van der Waals surface area contributed by atoms with Crippen molar-refractivity contribution >= 4 is 11.4 Å². The van der Waals surface area contributed by atoms with Crippen molar-refractivity contribution in [3.05, 3.63) is 23.8 Å². The van der Waals surface area contributed by atoms with Gasteiger partial charge in [0.25, 0.3) is 0 Å². The van der Waals surface area contributed by atoms with E-state index in [1.807, 2.05) is 0 Å². The first-order valence-corrected chi connectivity index (χ1v) is 7.20. The van der Waals surface area contributed by atoms with Crippen molar-refractivity contribution in [1.29, 1.82) is 0 Å². The van der Waals surface area contributed by atoms with E-state index in [4.69, 9.17) is 5.73 Å². The van der Waals surface area contributed by atoms with Gasteiger partial charge in [0, 0.05) is 39.1 Å². The Kier molecular flexibility index (Phi) is 2.22. The number of fused-ring (bicyclic) bond motifs is 3. The smallest absolute Gasteiger partial charge is 0.0979 e. The van der Waals surface area contributed by atoms with Gasteiger partial charge in [0.1, 0.15) is 0 Å². The van der Waals surface area contributed by atoms with E-state index in [0.717, 1.165) is 32.6 Å². The standard InChI is InChI=1S/C15H22N4/c1-17-7-6-15(16)12(10-17)11-4-3-5-13-14(11)19(15)9-8-18(13)2/h3-5,12H,6-10,16H2,1-2H3. The number of hydrogen-bond donors (Lipinski definition) is 1. The summed E-state index contributed by atoms with van der Waals surface area (Å²) in [6.45, 7) is 4.30. The zero-order valence-electron chi connectivity index (χ0n) is 11.8. The second-order valence-electron chi connectivity index (χ2n) is 6.34. The Balaban J connectivity index is 1.91. The molecule has 3 aliphatic heterocycles. The predicted molar refractivity (Wildman–Crippen MR) is 78.8 cm³/mol. The minimum atomic E-state index is -0.161. The van der Waals surface area contributed by atoms with Crippen molar-refractivity contribution in [1.82, 2.24) is 4.90 Å². The number of anilines is 2. The highest BCUT2D eigenvalue weighted by atomic mass is 15.4. The number of likely N-dealkylation sites (tertiary alicyclic amines) is 1. The molecule has 0 saturated carbocycles. The third-order valence-corrected chi connectivity index (χ3v) is 5.26. The lowest BCUT2D eigenvalue weighted by Crippen LogP contribution is -2.64. The first-order chi connectivity index (χ1) is 9.11. The third kappa shape index (κ3) is 1.36. The van der Waals surface area contributed by atoms with Crippen LogP contribution in [0.3, 0.4) is 0 Å². The van der Waals surface area contributed by atoms with Crippen LogP contribution < -0.4 is 15.5 Å². The Morgan fingerprint density at radius 3 is 2.89 bits per heavy atom. The minimum Gasteiger partial charge on any atom is -0.371 e. The molecule has 1 aromatic rings. The molecule has 2 N–H and O–H groups in total. The van der Waals surface area contributed by atoms with Gasteiger partial charge in [-0.05, 0) is 25.1 Å². The van der Waals surface area contributed by atoms with Crippen LogP contribution in [-0.2, 0) is 0 Å². The number of likely N-dealkylation sites (N-methyl/N-ethyl adjacent to an activating group) is 2. The van der Waals surface area contributed by atoms with Gasteiger partial charge >= 0.3 is 0 Å². The number of hydrogen-bond acceptors (Lipinski definition) is 4. The highest BCUT2D eigenvalue weighted by Crippen LogP contribution is 2.53. The van der Waals surface area contributed by atoms with Crippen molar-refractivity contribution in [3.8, 4) is 0 Å². The molecule has 0 amide bonds. The number of rotatable bonds is 0. The van der Waals surface area contributed by atoms with Crippen LogP contribution in [0.15, 0.2) is 18.2 Å². The molecule has 0 bridgehead atoms. The van der Waals surface area contributed by atoms with Crippen LogP contribution in [0.2, 0.25) is 0 Å². The van der Waals surface area contributed by atoms with Gasteiger partial charge in [0.2, 0.25) is 0 Å². The van der Waals surface area contributed by atoms with E-state index in [2.05, 4.69) is 47.0 Å². The summed E-state index contributed by atoms with van der Waals surface area (Å²) in [6, 6.07) is 6.70. The van der Waals surface area contributed by atoms with Crippen molar-refractivity contribution < 1.29 is 0 Å². The number of nitrogens with zero attached hydrogens (tertiary/aromatic N) is 3. The summed E-state index contributed by atoms with van der Waals surface area (Å²) < 4.78 is 0. The monoisotopic (exact) mass is 258 g/mol. The van der Waals surface area contributed by atoms with Gasteiger partial charge in [-0.1, -0.05) is 12.1 Å². The van der Waals surface area contributed by atoms with Gasteiger partial charge in [-0.15, -0.1) is 0 Å². The van der Waals surface area contributed by atoms with Crippen molar-refractivity contribution in [3.63, 3.8) is 0 Å². The summed E-state index contributed by atoms with van der Waals surface area (Å²) in [6.07, 6.45) is 1.06. The van der Waals surface area contributed by atoms with Gasteiger partial charge in [0.15, 0.2) is 0 Å². The molecule has 1 saturated heterocycles. The van der Waals surface area contributed by atoms with Crippen LogP contribution in [0, 0.1) is 0 Å². The summed E-state index contributed by atoms with van der Waals surface area (Å²) in [4.78, 5) is 7.27. The van der Waals surface area contributed by atoms with Gasteiger partial charge in [-0.3, -0.25) is 0 Å². The van der Waals surface area contributed by atoms with E-state index < -0.39 is 0 Å². The summed E-state index contributed by atoms with van der Waals surface area (Å²) in [5, 5.41) is 0. The van der Waals surface area contributed by atoms with Crippen molar-refractivity contribution in [2.24, 2.45) is 5.73 Å². The van der Waals surface area contributed by atoms with Crippen LogP contribution in [0.1, 0.15) is 17.9 Å². The second-order valence-corrected chi connectivity index (χ2v) is 6.34. The maximum absolute atomic E-state index is 6.86. The fraction of sp³-hybridized carbons (Fsp3) is 0.600. The maximum atomic E-state index is 6.86. The average molecular weight is 258 g/mol. The summed E-state index contributed by atoms with van der Waals surface area (Å²) >= 11 is 0. The number of benzene rings is 1. The topological polar surface area (TPSA) is 35.7 Å². The fourth-order valence-corrected chi connectivity index (χ4v) is 4.13. The lowest BCUT2D eigenvalue weighted by atomic mass is 9.84. The molecule has 0 aromatic heterocycles. The van der Waals surface area contributed by atoms with Crippen LogP contribution in [0.4, 0.5) is 11.4 Å². The molecule has 2 unspecified atom stereocenters. The van der Waals surface area contributed by atoms with Crippen LogP contribution >= 0.6 is 0 Å². The largest absolute Gasteiger partial charge is 0.371 e. The molecule has 1 fully saturated rings. The molecular formula is C15H22N4. The number of para-hydroxylation sites is 1. The van der Waals surface area contributed by atoms with Gasteiger partial charge in [-0.2, -0.15) is 0 Å². The first kappa shape index (κ1) is 11.6. The molecule has 1 aromatic carbocycles. The molecule has 0 spiro atoms. The number of piperidine rings is 1. The van der Waals surface area contributed by atoms with E-state index in [-0.39, 0.29) is 5.66 Å². The lowest BCUT2D eigenvalue weighted by molar-refractivity contribution is 0.166. The van der Waals surface area contributed by atoms with E-state index in [9.17, 15) is 0 Å². The Bertz CT molecular complexity index is 529. The third-order valence-electron chi connectivity index (χ3n) is 5.26. The molecule has 3 heterocycles. The summed E-state index contributed by atoms with van der Waals surface area (Å²) in [7, 11) is 4.39. The number of nitrogens with two attached hydrogens (primary N) is 1. The van der Waals surface area contributed by atoms with Crippen LogP contribution in [0.25, 0.3) is 0 Å². The predicted octanol–water partition coefficient (Wildman–Crippen LogP) is 1.03. The fourth-order valence-electron chi connectivity index (χ4n) is 4.13. The zero-order chi connectivity index (χ0) is 13.2. The average Bonchev–Trinajstić information content (AvgIpc) is 2.65. The zero-order valence-corrected chi connectivity index (χ0v) is 11.8. The van der Waals surface area contributed by atoms with E-state index in [0.29, 0.717) is 5.92 Å². The quantitative estimate of drug-likeness (QED) is 0.754. The van der Waals surface area contributed by atoms with E-state index in [1.54, 1.807) is 0 Å². The highest BCUT2D eigenvalue weighted by Gasteiger charge is 2.52. The second kappa shape index (κ2) is 3.64. The highest BCUT2D eigenvalue weighted by molar-refractivity contribution is 5.81. The first-order valence-electron chi connectivity index (χ1n) is 7.20. The summed E-state index contributed by atoms with van der Waals surface area (Å²) in [5.74, 6) is 0.452.